The number of carbonyl (C=O) groups excluding carboxylic acids is 3. The second-order valence-corrected chi connectivity index (χ2v) is 9.46. The van der Waals surface area contributed by atoms with Crippen LogP contribution in [0.2, 0.25) is 0 Å². The number of aryl methyl sites for hydroxylation is 1. The van der Waals surface area contributed by atoms with E-state index in [1.54, 1.807) is 48.3 Å². The molecule has 0 saturated heterocycles. The summed E-state index contributed by atoms with van der Waals surface area (Å²) >= 11 is 0. The van der Waals surface area contributed by atoms with Gasteiger partial charge in [-0.15, -0.1) is 0 Å². The van der Waals surface area contributed by atoms with Crippen LogP contribution in [0.5, 0.6) is 5.75 Å². The van der Waals surface area contributed by atoms with Gasteiger partial charge in [0.05, 0.1) is 30.3 Å². The monoisotopic (exact) mass is 572 g/mol. The molecule has 0 unspecified atom stereocenters. The van der Waals surface area contributed by atoms with Gasteiger partial charge in [0.15, 0.2) is 0 Å². The van der Waals surface area contributed by atoms with Gasteiger partial charge < -0.3 is 15.4 Å². The minimum absolute atomic E-state index is 0.183. The third-order valence-electron chi connectivity index (χ3n) is 6.43. The van der Waals surface area contributed by atoms with E-state index in [4.69, 9.17) is 9.84 Å². The lowest BCUT2D eigenvalue weighted by molar-refractivity contribution is -0.136. The smallest absolute Gasteiger partial charge is 0.329 e. The second kappa shape index (κ2) is 13.1. The summed E-state index contributed by atoms with van der Waals surface area (Å²) in [5.41, 5.74) is 7.16. The molecule has 1 heterocycles. The van der Waals surface area contributed by atoms with Crippen molar-refractivity contribution in [3.8, 4) is 22.7 Å². The Morgan fingerprint density at radius 3 is 2.23 bits per heavy atom. The summed E-state index contributed by atoms with van der Waals surface area (Å²) in [7, 11) is 1.59. The summed E-state index contributed by atoms with van der Waals surface area (Å²) in [6, 6.07) is 30.7. The van der Waals surface area contributed by atoms with Crippen LogP contribution in [0.3, 0.4) is 0 Å². The summed E-state index contributed by atoms with van der Waals surface area (Å²) in [6.45, 7) is 1.95. The molecule has 10 heteroatoms. The molecule has 5 rings (SSSR count). The maximum Gasteiger partial charge on any atom is 0.329 e. The molecule has 0 aliphatic heterocycles. The van der Waals surface area contributed by atoms with Crippen LogP contribution in [0.15, 0.2) is 114 Å². The van der Waals surface area contributed by atoms with Crippen LogP contribution < -0.4 is 20.8 Å². The number of aromatic nitrogens is 2. The molecule has 0 atom stereocenters. The molecule has 0 spiro atoms. The predicted molar refractivity (Wildman–Crippen MR) is 165 cm³/mol. The number of hydrazone groups is 1. The molecule has 0 fully saturated rings. The molecule has 3 N–H and O–H groups in total. The number of anilines is 2. The first-order valence-electron chi connectivity index (χ1n) is 13.3. The molecule has 43 heavy (non-hydrogen) atoms. The largest absolute Gasteiger partial charge is 0.497 e. The van der Waals surface area contributed by atoms with Crippen molar-refractivity contribution in [3.05, 3.63) is 126 Å². The molecule has 0 radical (unpaired) electrons. The Morgan fingerprint density at radius 2 is 1.51 bits per heavy atom. The van der Waals surface area contributed by atoms with Crippen LogP contribution in [0.4, 0.5) is 11.4 Å². The van der Waals surface area contributed by atoms with Gasteiger partial charge in [0.1, 0.15) is 11.4 Å². The first kappa shape index (κ1) is 28.5. The van der Waals surface area contributed by atoms with Gasteiger partial charge in [-0.2, -0.15) is 10.2 Å². The number of carbonyl (C=O) groups is 3. The maximum absolute atomic E-state index is 12.9. The molecule has 4 aromatic carbocycles. The lowest BCUT2D eigenvalue weighted by atomic mass is 10.1. The number of nitrogens with zero attached hydrogens (tertiary/aromatic N) is 3. The van der Waals surface area contributed by atoms with E-state index in [9.17, 15) is 14.4 Å². The highest BCUT2D eigenvalue weighted by Gasteiger charge is 2.18. The molecule has 0 aliphatic rings. The molecular formula is C33H28N6O4. The van der Waals surface area contributed by atoms with Crippen LogP contribution in [0, 0.1) is 6.92 Å². The Kier molecular flexibility index (Phi) is 8.67. The summed E-state index contributed by atoms with van der Waals surface area (Å²) < 4.78 is 6.96. The number of rotatable bonds is 8. The van der Waals surface area contributed by atoms with Crippen molar-refractivity contribution in [3.63, 3.8) is 0 Å². The topological polar surface area (TPSA) is 127 Å². The van der Waals surface area contributed by atoms with Crippen molar-refractivity contribution in [2.45, 2.75) is 6.92 Å². The zero-order valence-electron chi connectivity index (χ0n) is 23.4. The minimum atomic E-state index is -1.01. The molecule has 1 aromatic heterocycles. The standard InChI is InChI=1S/C33H28N6O4/c1-22-12-16-25(17-13-22)35-31(40)28-10-6-7-11-29(28)36-32(41)33(42)37-34-20-24-21-39(26-8-4-3-5-9-26)38-30(24)23-14-18-27(43-2)19-15-23/h3-21H,1-2H3,(H,35,40)(H,36,41)(H,37,42)/b34-20+. The summed E-state index contributed by atoms with van der Waals surface area (Å²) in [5.74, 6) is -1.72. The zero-order valence-corrected chi connectivity index (χ0v) is 23.4. The van der Waals surface area contributed by atoms with E-state index < -0.39 is 17.7 Å². The fourth-order valence-electron chi connectivity index (χ4n) is 4.18. The lowest BCUT2D eigenvalue weighted by Crippen LogP contribution is -2.33. The van der Waals surface area contributed by atoms with Gasteiger partial charge in [-0.3, -0.25) is 14.4 Å². The van der Waals surface area contributed by atoms with Gasteiger partial charge in [0.25, 0.3) is 5.91 Å². The second-order valence-electron chi connectivity index (χ2n) is 9.46. The third kappa shape index (κ3) is 7.01. The fraction of sp³-hybridized carbons (Fsp3) is 0.0606. The maximum atomic E-state index is 12.9. The molecular weight excluding hydrogens is 544 g/mol. The van der Waals surface area contributed by atoms with E-state index in [-0.39, 0.29) is 11.3 Å². The third-order valence-corrected chi connectivity index (χ3v) is 6.43. The SMILES string of the molecule is COc1ccc(-c2nn(-c3ccccc3)cc2/C=N/NC(=O)C(=O)Nc2ccccc2C(=O)Nc2ccc(C)cc2)cc1. The average Bonchev–Trinajstić information content (AvgIpc) is 3.47. The Hall–Kier alpha value is -6.03. The van der Waals surface area contributed by atoms with E-state index in [0.29, 0.717) is 22.7 Å². The van der Waals surface area contributed by atoms with Gasteiger partial charge >= 0.3 is 11.8 Å². The summed E-state index contributed by atoms with van der Waals surface area (Å²) in [5, 5.41) is 14.0. The van der Waals surface area contributed by atoms with Crippen molar-refractivity contribution in [2.24, 2.45) is 5.10 Å². The lowest BCUT2D eigenvalue weighted by Gasteiger charge is -2.11. The van der Waals surface area contributed by atoms with Gasteiger partial charge in [0, 0.05) is 23.0 Å². The Bertz CT molecular complexity index is 1780. The number of nitrogens with one attached hydrogen (secondary N) is 3. The summed E-state index contributed by atoms with van der Waals surface area (Å²) in [4.78, 5) is 38.2. The first-order valence-corrected chi connectivity index (χ1v) is 13.3. The molecule has 10 nitrogen and oxygen atoms in total. The normalized spacial score (nSPS) is 10.7. The van der Waals surface area contributed by atoms with Crippen molar-refractivity contribution < 1.29 is 19.1 Å². The number of amides is 3. The zero-order chi connectivity index (χ0) is 30.2. The number of benzene rings is 4. The highest BCUT2D eigenvalue weighted by atomic mass is 16.5. The van der Waals surface area contributed by atoms with Crippen molar-refractivity contribution >= 4 is 35.3 Å². The Labute approximate surface area is 248 Å². The van der Waals surface area contributed by atoms with Gasteiger partial charge in [0.2, 0.25) is 0 Å². The molecule has 0 saturated carbocycles. The highest BCUT2D eigenvalue weighted by molar-refractivity contribution is 6.40. The van der Waals surface area contributed by atoms with Crippen molar-refractivity contribution in [2.75, 3.05) is 17.7 Å². The quantitative estimate of drug-likeness (QED) is 0.134. The first-order chi connectivity index (χ1) is 20.9. The van der Waals surface area contributed by atoms with Crippen LogP contribution in [0.1, 0.15) is 21.5 Å². The molecule has 3 amide bonds. The fourth-order valence-corrected chi connectivity index (χ4v) is 4.18. The van der Waals surface area contributed by atoms with Crippen LogP contribution in [0.25, 0.3) is 16.9 Å². The molecule has 5 aromatic rings. The number of ether oxygens (including phenoxy) is 1. The van der Waals surface area contributed by atoms with Crippen molar-refractivity contribution in [1.29, 1.82) is 0 Å². The molecule has 214 valence electrons. The van der Waals surface area contributed by atoms with E-state index in [1.165, 1.54) is 12.3 Å². The van der Waals surface area contributed by atoms with Crippen LogP contribution in [-0.2, 0) is 9.59 Å². The van der Waals surface area contributed by atoms with E-state index in [1.807, 2.05) is 73.7 Å². The van der Waals surface area contributed by atoms with Crippen LogP contribution >= 0.6 is 0 Å². The highest BCUT2D eigenvalue weighted by Crippen LogP contribution is 2.25. The van der Waals surface area contributed by atoms with E-state index in [2.05, 4.69) is 21.2 Å². The Balaban J connectivity index is 1.29. The Morgan fingerprint density at radius 1 is 0.814 bits per heavy atom. The van der Waals surface area contributed by atoms with Crippen LogP contribution in [-0.4, -0.2) is 40.8 Å². The van der Waals surface area contributed by atoms with E-state index >= 15 is 0 Å². The number of hydrogen-bond acceptors (Lipinski definition) is 6. The van der Waals surface area contributed by atoms with Gasteiger partial charge in [-0.05, 0) is 67.6 Å². The minimum Gasteiger partial charge on any atom is -0.497 e. The number of para-hydroxylation sites is 2. The van der Waals surface area contributed by atoms with Gasteiger partial charge in [-0.1, -0.05) is 48.0 Å². The van der Waals surface area contributed by atoms with Gasteiger partial charge in [-0.25, -0.2) is 10.1 Å². The molecule has 0 aliphatic carbocycles. The molecule has 0 bridgehead atoms. The summed E-state index contributed by atoms with van der Waals surface area (Å²) in [6.07, 6.45) is 3.19. The number of methoxy groups -OCH3 is 1. The predicted octanol–water partition coefficient (Wildman–Crippen LogP) is 5.20. The number of hydrogen-bond donors (Lipinski definition) is 3. The van der Waals surface area contributed by atoms with Crippen molar-refractivity contribution in [1.82, 2.24) is 15.2 Å². The average molecular weight is 573 g/mol. The van der Waals surface area contributed by atoms with E-state index in [0.717, 1.165) is 16.8 Å².